The number of ketones is 1. The number of aryl methyl sites for hydroxylation is 1. The van der Waals surface area contributed by atoms with E-state index in [9.17, 15) is 14.1 Å². The fraction of sp³-hybridized carbons (Fsp3) is 0.231. The Bertz CT molecular complexity index is 1250. The molecule has 1 saturated heterocycles. The van der Waals surface area contributed by atoms with Crippen LogP contribution < -0.4 is 15.0 Å². The molecular weight excluding hydrogens is 552 g/mol. The molecule has 9 heteroatoms. The molecule has 1 fully saturated rings. The zero-order chi connectivity index (χ0) is 24.9. The fourth-order valence-electron chi connectivity index (χ4n) is 3.81. The first-order chi connectivity index (χ1) is 16.8. The second kappa shape index (κ2) is 11.5. The lowest BCUT2D eigenvalue weighted by Crippen LogP contribution is -2.40. The average Bonchev–Trinajstić information content (AvgIpc) is 2.85. The number of nitrogens with one attached hydrogen (secondary N) is 1. The summed E-state index contributed by atoms with van der Waals surface area (Å²) in [5, 5.41) is 3.27. The Balaban J connectivity index is 1.42. The van der Waals surface area contributed by atoms with Crippen LogP contribution in [0.4, 0.5) is 11.4 Å². The van der Waals surface area contributed by atoms with E-state index in [1.165, 1.54) is 6.07 Å². The minimum atomic E-state index is -0.732. The summed E-state index contributed by atoms with van der Waals surface area (Å²) >= 11 is 8.80. The van der Waals surface area contributed by atoms with Gasteiger partial charge in [0.1, 0.15) is 17.3 Å². The Morgan fingerprint density at radius 3 is 2.54 bits per heavy atom. The van der Waals surface area contributed by atoms with Crippen LogP contribution in [0.5, 0.6) is 5.75 Å². The minimum Gasteiger partial charge on any atom is -0.616 e. The Labute approximate surface area is 220 Å². The van der Waals surface area contributed by atoms with Gasteiger partial charge in [0.15, 0.2) is 12.4 Å². The maximum absolute atomic E-state index is 13.1. The van der Waals surface area contributed by atoms with E-state index in [0.29, 0.717) is 32.3 Å². The van der Waals surface area contributed by atoms with Crippen molar-refractivity contribution in [1.82, 2.24) is 0 Å². The number of carbonyl (C=O) groups is 2. The van der Waals surface area contributed by atoms with Gasteiger partial charge in [0.05, 0.1) is 18.7 Å². The largest absolute Gasteiger partial charge is 0.616 e. The molecule has 1 heterocycles. The van der Waals surface area contributed by atoms with Crippen LogP contribution in [-0.4, -0.2) is 47.4 Å². The van der Waals surface area contributed by atoms with E-state index >= 15 is 0 Å². The van der Waals surface area contributed by atoms with Crippen LogP contribution in [0.1, 0.15) is 21.5 Å². The van der Waals surface area contributed by atoms with Crippen LogP contribution in [-0.2, 0) is 16.0 Å². The maximum Gasteiger partial charge on any atom is 0.262 e. The molecule has 0 saturated carbocycles. The highest BCUT2D eigenvalue weighted by Gasteiger charge is 2.21. The Hall–Kier alpha value is -2.52. The lowest BCUT2D eigenvalue weighted by atomic mass is 10.0. The molecular formula is C26H24BrClN2O4S. The van der Waals surface area contributed by atoms with E-state index in [1.54, 1.807) is 30.3 Å². The highest BCUT2D eigenvalue weighted by atomic mass is 79.9. The van der Waals surface area contributed by atoms with Crippen LogP contribution in [0, 0.1) is 6.92 Å². The van der Waals surface area contributed by atoms with Gasteiger partial charge in [-0.3, -0.25) is 9.59 Å². The second-order valence-electron chi connectivity index (χ2n) is 8.12. The van der Waals surface area contributed by atoms with E-state index in [-0.39, 0.29) is 29.6 Å². The molecule has 1 aliphatic rings. The lowest BCUT2D eigenvalue weighted by Gasteiger charge is -2.30. The molecule has 3 aromatic rings. The summed E-state index contributed by atoms with van der Waals surface area (Å²) in [5.41, 5.74) is 3.40. The van der Waals surface area contributed by atoms with Crippen molar-refractivity contribution in [3.63, 3.8) is 0 Å². The lowest BCUT2D eigenvalue weighted by molar-refractivity contribution is -0.118. The van der Waals surface area contributed by atoms with Gasteiger partial charge in [-0.15, -0.1) is 0 Å². The van der Waals surface area contributed by atoms with Crippen molar-refractivity contribution in [2.45, 2.75) is 6.92 Å². The number of nitrogens with zero attached hydrogens (tertiary/aromatic N) is 1. The molecule has 4 rings (SSSR count). The van der Waals surface area contributed by atoms with E-state index in [0.717, 1.165) is 24.3 Å². The van der Waals surface area contributed by atoms with Gasteiger partial charge < -0.3 is 19.5 Å². The van der Waals surface area contributed by atoms with Gasteiger partial charge in [-0.05, 0) is 61.0 Å². The number of hydrogen-bond acceptors (Lipinski definition) is 5. The zero-order valence-electron chi connectivity index (χ0n) is 19.1. The van der Waals surface area contributed by atoms with Crippen LogP contribution in [0.3, 0.4) is 0 Å². The number of ether oxygens (including phenoxy) is 1. The molecule has 0 aliphatic carbocycles. The van der Waals surface area contributed by atoms with E-state index in [2.05, 4.69) is 26.1 Å². The molecule has 35 heavy (non-hydrogen) atoms. The quantitative estimate of drug-likeness (QED) is 0.308. The first-order valence-electron chi connectivity index (χ1n) is 11.0. The first-order valence-corrected chi connectivity index (χ1v) is 13.7. The third-order valence-corrected chi connectivity index (χ3v) is 7.89. The number of anilines is 2. The van der Waals surface area contributed by atoms with Gasteiger partial charge >= 0.3 is 0 Å². The molecule has 1 N–H and O–H groups in total. The minimum absolute atomic E-state index is 0.261. The van der Waals surface area contributed by atoms with E-state index < -0.39 is 11.2 Å². The highest BCUT2D eigenvalue weighted by molar-refractivity contribution is 9.10. The summed E-state index contributed by atoms with van der Waals surface area (Å²) in [7, 11) is 0. The van der Waals surface area contributed by atoms with Crippen LogP contribution in [0.25, 0.3) is 0 Å². The van der Waals surface area contributed by atoms with Gasteiger partial charge in [-0.25, -0.2) is 0 Å². The van der Waals surface area contributed by atoms with Gasteiger partial charge in [-0.1, -0.05) is 50.8 Å². The summed E-state index contributed by atoms with van der Waals surface area (Å²) in [6.07, 6.45) is 0. The van der Waals surface area contributed by atoms with Crippen molar-refractivity contribution < 1.29 is 18.9 Å². The topological polar surface area (TPSA) is 81.7 Å². The van der Waals surface area contributed by atoms with Gasteiger partial charge in [0.2, 0.25) is 0 Å². The Morgan fingerprint density at radius 2 is 1.83 bits per heavy atom. The Morgan fingerprint density at radius 1 is 1.09 bits per heavy atom. The molecule has 1 amide bonds. The number of carbonyl (C=O) groups excluding carboxylic acids is 2. The number of halogens is 2. The molecule has 6 nitrogen and oxygen atoms in total. The average molecular weight is 576 g/mol. The monoisotopic (exact) mass is 574 g/mol. The maximum atomic E-state index is 13.1. The van der Waals surface area contributed by atoms with Gasteiger partial charge in [-0.2, -0.15) is 0 Å². The van der Waals surface area contributed by atoms with Crippen molar-refractivity contribution >= 4 is 61.8 Å². The highest BCUT2D eigenvalue weighted by Crippen LogP contribution is 2.29. The van der Waals surface area contributed by atoms with Crippen molar-refractivity contribution in [1.29, 1.82) is 0 Å². The van der Waals surface area contributed by atoms with Crippen molar-refractivity contribution in [2.24, 2.45) is 0 Å². The smallest absolute Gasteiger partial charge is 0.262 e. The molecule has 0 unspecified atom stereocenters. The third kappa shape index (κ3) is 6.38. The van der Waals surface area contributed by atoms with Crippen LogP contribution in [0.15, 0.2) is 65.1 Å². The van der Waals surface area contributed by atoms with E-state index in [4.69, 9.17) is 16.3 Å². The van der Waals surface area contributed by atoms with E-state index in [1.807, 2.05) is 31.2 Å². The number of amides is 1. The van der Waals surface area contributed by atoms with Crippen molar-refractivity contribution in [3.05, 3.63) is 86.8 Å². The molecule has 182 valence electrons. The summed E-state index contributed by atoms with van der Waals surface area (Å²) in [6.45, 7) is 3.17. The summed E-state index contributed by atoms with van der Waals surface area (Å²) in [6, 6.07) is 17.7. The number of rotatable bonds is 7. The first kappa shape index (κ1) is 25.6. The SMILES string of the molecule is Cc1cc(N2CC[S+]([O-])CC2)ccc1NC(=O)COc1ccc(Cl)cc1C(=O)c1ccccc1Br. The zero-order valence-corrected chi connectivity index (χ0v) is 22.2. The molecule has 0 atom stereocenters. The predicted octanol–water partition coefficient (Wildman–Crippen LogP) is 5.23. The van der Waals surface area contributed by atoms with Crippen LogP contribution in [0.2, 0.25) is 5.02 Å². The summed E-state index contributed by atoms with van der Waals surface area (Å²) < 4.78 is 18.0. The molecule has 0 radical (unpaired) electrons. The number of hydrogen-bond donors (Lipinski definition) is 1. The summed E-state index contributed by atoms with van der Waals surface area (Å²) in [5.74, 6) is 1.02. The normalized spacial score (nSPS) is 14.0. The molecule has 0 bridgehead atoms. The van der Waals surface area contributed by atoms with Crippen molar-refractivity contribution in [3.8, 4) is 5.75 Å². The molecule has 0 spiro atoms. The Kier molecular flexibility index (Phi) is 8.38. The van der Waals surface area contributed by atoms with Gasteiger partial charge in [0, 0.05) is 26.4 Å². The van der Waals surface area contributed by atoms with Gasteiger partial charge in [0.25, 0.3) is 5.91 Å². The molecule has 3 aromatic carbocycles. The third-order valence-electron chi connectivity index (χ3n) is 5.69. The predicted molar refractivity (Wildman–Crippen MR) is 144 cm³/mol. The second-order valence-corrected chi connectivity index (χ2v) is 11.1. The molecule has 0 aromatic heterocycles. The van der Waals surface area contributed by atoms with Crippen LogP contribution >= 0.6 is 27.5 Å². The van der Waals surface area contributed by atoms with Crippen molar-refractivity contribution in [2.75, 3.05) is 41.4 Å². The fourth-order valence-corrected chi connectivity index (χ4v) is 5.50. The molecule has 1 aliphatic heterocycles. The standard InChI is InChI=1S/C26H24BrClN2O4S/c1-17-14-19(30-10-12-35(33)13-11-30)7-8-23(17)29-25(31)16-34-24-9-6-18(28)15-21(24)26(32)20-4-2-3-5-22(20)27/h2-9,14-15H,10-13,16H2,1H3,(H,29,31). The summed E-state index contributed by atoms with van der Waals surface area (Å²) in [4.78, 5) is 27.9. The number of benzene rings is 3.